The van der Waals surface area contributed by atoms with Gasteiger partial charge in [-0.1, -0.05) is 22.0 Å². The lowest BCUT2D eigenvalue weighted by Gasteiger charge is -2.00. The standard InChI is InChI=1S/C13H12BrNOS/c1-7-6-10(4-5-11(7)14)13-15-8(2)12(17-13)9(3)16/h4-6H,1-3H3. The molecule has 88 valence electrons. The zero-order valence-electron chi connectivity index (χ0n) is 9.87. The molecule has 1 heterocycles. The Morgan fingerprint density at radius 2 is 2.06 bits per heavy atom. The van der Waals surface area contributed by atoms with Gasteiger partial charge in [-0.25, -0.2) is 4.98 Å². The second-order valence-electron chi connectivity index (χ2n) is 3.95. The topological polar surface area (TPSA) is 30.0 Å². The summed E-state index contributed by atoms with van der Waals surface area (Å²) in [4.78, 5) is 16.6. The maximum absolute atomic E-state index is 11.4. The summed E-state index contributed by atoms with van der Waals surface area (Å²) in [6.07, 6.45) is 0. The van der Waals surface area contributed by atoms with Crippen LogP contribution < -0.4 is 0 Å². The number of carbonyl (C=O) groups is 1. The van der Waals surface area contributed by atoms with Gasteiger partial charge in [0.1, 0.15) is 5.01 Å². The van der Waals surface area contributed by atoms with Crippen LogP contribution in [-0.4, -0.2) is 10.8 Å². The molecule has 0 saturated heterocycles. The molecule has 0 atom stereocenters. The molecule has 0 aliphatic heterocycles. The van der Waals surface area contributed by atoms with Crippen LogP contribution in [0.5, 0.6) is 0 Å². The van der Waals surface area contributed by atoms with E-state index in [2.05, 4.69) is 27.0 Å². The van der Waals surface area contributed by atoms with Crippen molar-refractivity contribution in [2.45, 2.75) is 20.8 Å². The Hall–Kier alpha value is -1.00. The largest absolute Gasteiger partial charge is 0.294 e. The van der Waals surface area contributed by atoms with Gasteiger partial charge in [-0.3, -0.25) is 4.79 Å². The van der Waals surface area contributed by atoms with E-state index >= 15 is 0 Å². The van der Waals surface area contributed by atoms with Crippen LogP contribution >= 0.6 is 27.3 Å². The van der Waals surface area contributed by atoms with Crippen LogP contribution in [0.1, 0.15) is 27.9 Å². The minimum atomic E-state index is 0.0834. The van der Waals surface area contributed by atoms with Crippen LogP contribution in [0.2, 0.25) is 0 Å². The number of aromatic nitrogens is 1. The van der Waals surface area contributed by atoms with Crippen molar-refractivity contribution in [1.29, 1.82) is 0 Å². The average Bonchev–Trinajstić information content (AvgIpc) is 2.64. The molecule has 0 aliphatic carbocycles. The number of benzene rings is 1. The van der Waals surface area contributed by atoms with E-state index in [4.69, 9.17) is 0 Å². The number of hydrogen-bond donors (Lipinski definition) is 0. The Labute approximate surface area is 113 Å². The molecular weight excluding hydrogens is 298 g/mol. The molecule has 2 aromatic rings. The Balaban J connectivity index is 2.50. The molecule has 2 rings (SSSR count). The van der Waals surface area contributed by atoms with Gasteiger partial charge in [-0.15, -0.1) is 11.3 Å². The Kier molecular flexibility index (Phi) is 3.45. The molecule has 1 aromatic carbocycles. The van der Waals surface area contributed by atoms with Gasteiger partial charge in [-0.05, 0) is 31.5 Å². The Morgan fingerprint density at radius 3 is 2.59 bits per heavy atom. The maximum atomic E-state index is 11.4. The van der Waals surface area contributed by atoms with Crippen LogP contribution in [0.15, 0.2) is 22.7 Å². The number of aryl methyl sites for hydroxylation is 2. The minimum absolute atomic E-state index is 0.0834. The lowest BCUT2D eigenvalue weighted by Crippen LogP contribution is -1.89. The summed E-state index contributed by atoms with van der Waals surface area (Å²) >= 11 is 4.93. The van der Waals surface area contributed by atoms with E-state index in [0.717, 1.165) is 25.6 Å². The lowest BCUT2D eigenvalue weighted by molar-refractivity contribution is 0.102. The Bertz CT molecular complexity index is 589. The first-order valence-corrected chi connectivity index (χ1v) is 6.85. The molecule has 0 spiro atoms. The van der Waals surface area contributed by atoms with E-state index in [1.165, 1.54) is 16.9 Å². The van der Waals surface area contributed by atoms with Crippen LogP contribution in [0.25, 0.3) is 10.6 Å². The molecule has 0 unspecified atom stereocenters. The predicted molar refractivity (Wildman–Crippen MR) is 74.7 cm³/mol. The molecule has 0 amide bonds. The summed E-state index contributed by atoms with van der Waals surface area (Å²) in [5.41, 5.74) is 3.05. The molecule has 17 heavy (non-hydrogen) atoms. The maximum Gasteiger partial charge on any atom is 0.171 e. The number of Topliss-reactive ketones (excluding diaryl/α,β-unsaturated/α-hetero) is 1. The van der Waals surface area contributed by atoms with Crippen LogP contribution in [-0.2, 0) is 0 Å². The fourth-order valence-electron chi connectivity index (χ4n) is 1.62. The number of ketones is 1. The quantitative estimate of drug-likeness (QED) is 0.770. The highest BCUT2D eigenvalue weighted by atomic mass is 79.9. The number of thiazole rings is 1. The SMILES string of the molecule is CC(=O)c1sc(-c2ccc(Br)c(C)c2)nc1C. The predicted octanol–water partition coefficient (Wildman–Crippen LogP) is 4.39. The molecule has 1 aromatic heterocycles. The summed E-state index contributed by atoms with van der Waals surface area (Å²) in [7, 11) is 0. The zero-order chi connectivity index (χ0) is 12.6. The summed E-state index contributed by atoms with van der Waals surface area (Å²) < 4.78 is 1.08. The third-order valence-electron chi connectivity index (χ3n) is 2.52. The van der Waals surface area contributed by atoms with E-state index < -0.39 is 0 Å². The van der Waals surface area contributed by atoms with Crippen LogP contribution in [0, 0.1) is 13.8 Å². The Morgan fingerprint density at radius 1 is 1.35 bits per heavy atom. The van der Waals surface area contributed by atoms with Crippen molar-refractivity contribution < 1.29 is 4.79 Å². The van der Waals surface area contributed by atoms with Crippen molar-refractivity contribution in [2.24, 2.45) is 0 Å². The number of rotatable bonds is 2. The van der Waals surface area contributed by atoms with Crippen molar-refractivity contribution in [3.63, 3.8) is 0 Å². The highest BCUT2D eigenvalue weighted by molar-refractivity contribution is 9.10. The van der Waals surface area contributed by atoms with E-state index in [1.807, 2.05) is 26.0 Å². The molecule has 0 fully saturated rings. The fraction of sp³-hybridized carbons (Fsp3) is 0.231. The van der Waals surface area contributed by atoms with E-state index in [0.29, 0.717) is 0 Å². The molecule has 0 N–H and O–H groups in total. The third kappa shape index (κ3) is 2.48. The second kappa shape index (κ2) is 4.70. The van der Waals surface area contributed by atoms with Gasteiger partial charge in [0.25, 0.3) is 0 Å². The van der Waals surface area contributed by atoms with Crippen LogP contribution in [0.3, 0.4) is 0 Å². The number of halogens is 1. The summed E-state index contributed by atoms with van der Waals surface area (Å²) in [6, 6.07) is 6.10. The summed E-state index contributed by atoms with van der Waals surface area (Å²) in [5.74, 6) is 0.0834. The van der Waals surface area contributed by atoms with E-state index in [1.54, 1.807) is 6.92 Å². The van der Waals surface area contributed by atoms with Gasteiger partial charge in [-0.2, -0.15) is 0 Å². The van der Waals surface area contributed by atoms with Crippen molar-refractivity contribution in [1.82, 2.24) is 4.98 Å². The number of nitrogens with zero attached hydrogens (tertiary/aromatic N) is 1. The smallest absolute Gasteiger partial charge is 0.171 e. The summed E-state index contributed by atoms with van der Waals surface area (Å²) in [5, 5.41) is 0.906. The van der Waals surface area contributed by atoms with Gasteiger partial charge in [0.2, 0.25) is 0 Å². The molecule has 0 saturated carbocycles. The number of carbonyl (C=O) groups excluding carboxylic acids is 1. The highest BCUT2D eigenvalue weighted by Gasteiger charge is 2.13. The number of hydrogen-bond acceptors (Lipinski definition) is 3. The first-order chi connectivity index (χ1) is 7.99. The average molecular weight is 310 g/mol. The van der Waals surface area contributed by atoms with E-state index in [-0.39, 0.29) is 5.78 Å². The minimum Gasteiger partial charge on any atom is -0.294 e. The first kappa shape index (κ1) is 12.5. The lowest BCUT2D eigenvalue weighted by atomic mass is 10.1. The van der Waals surface area contributed by atoms with Gasteiger partial charge < -0.3 is 0 Å². The molecule has 2 nitrogen and oxygen atoms in total. The van der Waals surface area contributed by atoms with Gasteiger partial charge in [0.15, 0.2) is 5.78 Å². The monoisotopic (exact) mass is 309 g/mol. The molecule has 0 radical (unpaired) electrons. The first-order valence-electron chi connectivity index (χ1n) is 5.24. The van der Waals surface area contributed by atoms with Gasteiger partial charge in [0.05, 0.1) is 10.6 Å². The van der Waals surface area contributed by atoms with Crippen molar-refractivity contribution in [2.75, 3.05) is 0 Å². The van der Waals surface area contributed by atoms with E-state index in [9.17, 15) is 4.79 Å². The highest BCUT2D eigenvalue weighted by Crippen LogP contribution is 2.30. The summed E-state index contributed by atoms with van der Waals surface area (Å²) in [6.45, 7) is 5.50. The second-order valence-corrected chi connectivity index (χ2v) is 5.81. The third-order valence-corrected chi connectivity index (χ3v) is 4.72. The normalized spacial score (nSPS) is 10.6. The van der Waals surface area contributed by atoms with Gasteiger partial charge >= 0.3 is 0 Å². The van der Waals surface area contributed by atoms with Crippen LogP contribution in [0.4, 0.5) is 0 Å². The zero-order valence-corrected chi connectivity index (χ0v) is 12.3. The fourth-order valence-corrected chi connectivity index (χ4v) is 2.83. The molecule has 0 bridgehead atoms. The molecular formula is C13H12BrNOS. The molecule has 4 heteroatoms. The van der Waals surface area contributed by atoms with Crippen molar-refractivity contribution >= 4 is 33.0 Å². The van der Waals surface area contributed by atoms with Crippen molar-refractivity contribution in [3.8, 4) is 10.6 Å². The van der Waals surface area contributed by atoms with Crippen molar-refractivity contribution in [3.05, 3.63) is 38.8 Å². The molecule has 0 aliphatic rings. The van der Waals surface area contributed by atoms with Gasteiger partial charge in [0, 0.05) is 17.0 Å².